The summed E-state index contributed by atoms with van der Waals surface area (Å²) in [7, 11) is 1.65. The summed E-state index contributed by atoms with van der Waals surface area (Å²) in [6.07, 6.45) is 3.48. The number of halogens is 2. The molecule has 6 heteroatoms. The second kappa shape index (κ2) is 5.59. The minimum atomic E-state index is 0. The molecule has 2 aromatic heterocycles. The number of hydrogen-bond acceptors (Lipinski definition) is 3. The summed E-state index contributed by atoms with van der Waals surface area (Å²) in [6, 6.07) is 7.75. The van der Waals surface area contributed by atoms with Crippen molar-refractivity contribution in [2.45, 2.75) is 0 Å². The van der Waals surface area contributed by atoms with Crippen LogP contribution in [0.4, 0.5) is 0 Å². The van der Waals surface area contributed by atoms with Crippen molar-refractivity contribution in [3.63, 3.8) is 0 Å². The van der Waals surface area contributed by atoms with Gasteiger partial charge < -0.3 is 9.72 Å². The zero-order valence-electron chi connectivity index (χ0n) is 10.1. The van der Waals surface area contributed by atoms with Crippen molar-refractivity contribution in [3.05, 3.63) is 41.1 Å². The Morgan fingerprint density at radius 1 is 1.26 bits per heavy atom. The number of hydrogen-bond donors (Lipinski definition) is 1. The minimum Gasteiger partial charge on any atom is -0.496 e. The molecule has 0 aliphatic carbocycles. The molecular formula is C13H11BrClN3O. The number of aromatic nitrogens is 3. The van der Waals surface area contributed by atoms with Gasteiger partial charge in [0.15, 0.2) is 0 Å². The number of benzene rings is 1. The lowest BCUT2D eigenvalue weighted by atomic mass is 10.2. The predicted octanol–water partition coefficient (Wildman–Crippen LogP) is 3.82. The Morgan fingerprint density at radius 3 is 2.84 bits per heavy atom. The molecule has 3 rings (SSSR count). The third kappa shape index (κ3) is 2.57. The van der Waals surface area contributed by atoms with Crippen LogP contribution < -0.4 is 4.74 Å². The summed E-state index contributed by atoms with van der Waals surface area (Å²) in [5.74, 6) is 1.55. The number of rotatable bonds is 2. The first-order chi connectivity index (χ1) is 8.78. The van der Waals surface area contributed by atoms with E-state index < -0.39 is 0 Å². The van der Waals surface area contributed by atoms with Gasteiger partial charge in [-0.2, -0.15) is 0 Å². The highest BCUT2D eigenvalue weighted by atomic mass is 79.9. The number of imidazole rings is 1. The van der Waals surface area contributed by atoms with E-state index in [1.54, 1.807) is 19.5 Å². The van der Waals surface area contributed by atoms with Crippen molar-refractivity contribution in [2.24, 2.45) is 0 Å². The van der Waals surface area contributed by atoms with Gasteiger partial charge in [0.1, 0.15) is 17.1 Å². The van der Waals surface area contributed by atoms with Gasteiger partial charge in [0, 0.05) is 10.7 Å². The Hall–Kier alpha value is -1.59. The topological polar surface area (TPSA) is 50.8 Å². The van der Waals surface area contributed by atoms with Gasteiger partial charge in [0.05, 0.1) is 24.4 Å². The molecule has 0 saturated carbocycles. The first-order valence-corrected chi connectivity index (χ1v) is 6.21. The minimum absolute atomic E-state index is 0. The van der Waals surface area contributed by atoms with Crippen molar-refractivity contribution in [2.75, 3.05) is 7.11 Å². The molecule has 0 saturated heterocycles. The molecule has 4 nitrogen and oxygen atoms in total. The molecule has 19 heavy (non-hydrogen) atoms. The summed E-state index contributed by atoms with van der Waals surface area (Å²) >= 11 is 3.42. The molecule has 0 atom stereocenters. The van der Waals surface area contributed by atoms with Gasteiger partial charge in [0.25, 0.3) is 0 Å². The lowest BCUT2D eigenvalue weighted by Crippen LogP contribution is -1.89. The van der Waals surface area contributed by atoms with Crippen molar-refractivity contribution in [3.8, 4) is 17.1 Å². The Morgan fingerprint density at radius 2 is 2.11 bits per heavy atom. The van der Waals surface area contributed by atoms with E-state index in [-0.39, 0.29) is 12.4 Å². The lowest BCUT2D eigenvalue weighted by Gasteiger charge is -2.06. The molecule has 0 radical (unpaired) electrons. The number of ether oxygens (including phenoxy) is 1. The van der Waals surface area contributed by atoms with Crippen LogP contribution in [0.2, 0.25) is 0 Å². The molecule has 0 unspecified atom stereocenters. The zero-order valence-corrected chi connectivity index (χ0v) is 12.5. The molecule has 3 aromatic rings. The number of aromatic amines is 1. The van der Waals surface area contributed by atoms with Gasteiger partial charge >= 0.3 is 0 Å². The molecule has 2 heterocycles. The largest absolute Gasteiger partial charge is 0.496 e. The van der Waals surface area contributed by atoms with E-state index in [4.69, 9.17) is 4.74 Å². The fraction of sp³-hybridized carbons (Fsp3) is 0.0769. The molecule has 0 amide bonds. The molecule has 1 aromatic carbocycles. The number of methoxy groups -OCH3 is 1. The number of nitrogens with zero attached hydrogens (tertiary/aromatic N) is 2. The number of nitrogens with one attached hydrogen (secondary N) is 1. The zero-order chi connectivity index (χ0) is 12.5. The van der Waals surface area contributed by atoms with E-state index in [9.17, 15) is 0 Å². The van der Waals surface area contributed by atoms with Crippen molar-refractivity contribution >= 4 is 39.4 Å². The number of pyridine rings is 1. The van der Waals surface area contributed by atoms with Crippen molar-refractivity contribution in [1.29, 1.82) is 0 Å². The first kappa shape index (κ1) is 13.8. The monoisotopic (exact) mass is 339 g/mol. The molecule has 0 aliphatic heterocycles. The van der Waals surface area contributed by atoms with Gasteiger partial charge in [0.2, 0.25) is 0 Å². The van der Waals surface area contributed by atoms with Crippen molar-refractivity contribution < 1.29 is 4.74 Å². The van der Waals surface area contributed by atoms with Crippen LogP contribution in [0.3, 0.4) is 0 Å². The molecule has 0 bridgehead atoms. The van der Waals surface area contributed by atoms with Crippen LogP contribution in [0.5, 0.6) is 5.75 Å². The van der Waals surface area contributed by atoms with E-state index in [0.717, 1.165) is 32.6 Å². The number of H-pyrrole nitrogens is 1. The van der Waals surface area contributed by atoms with E-state index in [0.29, 0.717) is 0 Å². The Labute approximate surface area is 124 Å². The molecule has 98 valence electrons. The molecule has 0 aliphatic rings. The second-order valence-corrected chi connectivity index (χ2v) is 4.74. The Balaban J connectivity index is 0.00000133. The van der Waals surface area contributed by atoms with Gasteiger partial charge in [-0.3, -0.25) is 4.98 Å². The van der Waals surface area contributed by atoms with Crippen LogP contribution in [0.25, 0.3) is 22.4 Å². The van der Waals surface area contributed by atoms with Crippen LogP contribution >= 0.6 is 28.3 Å². The predicted molar refractivity (Wildman–Crippen MR) is 80.8 cm³/mol. The van der Waals surface area contributed by atoms with E-state index in [1.165, 1.54) is 0 Å². The van der Waals surface area contributed by atoms with Crippen LogP contribution in [-0.4, -0.2) is 22.1 Å². The molecule has 0 spiro atoms. The maximum Gasteiger partial charge on any atom is 0.142 e. The third-order valence-electron chi connectivity index (χ3n) is 2.70. The smallest absolute Gasteiger partial charge is 0.142 e. The maximum absolute atomic E-state index is 5.37. The van der Waals surface area contributed by atoms with Gasteiger partial charge in [-0.05, 0) is 24.3 Å². The average Bonchev–Trinajstić information content (AvgIpc) is 2.82. The molecule has 0 fully saturated rings. The van der Waals surface area contributed by atoms with Crippen LogP contribution in [-0.2, 0) is 0 Å². The van der Waals surface area contributed by atoms with Gasteiger partial charge in [-0.1, -0.05) is 15.9 Å². The average molecular weight is 341 g/mol. The molecule has 1 N–H and O–H groups in total. The summed E-state index contributed by atoms with van der Waals surface area (Å²) in [5.41, 5.74) is 2.74. The molecular weight excluding hydrogens is 330 g/mol. The van der Waals surface area contributed by atoms with Crippen LogP contribution in [0.1, 0.15) is 0 Å². The van der Waals surface area contributed by atoms with Crippen molar-refractivity contribution in [1.82, 2.24) is 15.0 Å². The fourth-order valence-electron chi connectivity index (χ4n) is 1.85. The number of fused-ring (bicyclic) bond motifs is 1. The van der Waals surface area contributed by atoms with Crippen LogP contribution in [0.15, 0.2) is 41.1 Å². The third-order valence-corrected chi connectivity index (χ3v) is 3.20. The van der Waals surface area contributed by atoms with E-state index in [1.807, 2.05) is 24.3 Å². The van der Waals surface area contributed by atoms with E-state index >= 15 is 0 Å². The summed E-state index contributed by atoms with van der Waals surface area (Å²) in [4.78, 5) is 11.8. The lowest BCUT2D eigenvalue weighted by molar-refractivity contribution is 0.416. The highest BCUT2D eigenvalue weighted by Gasteiger charge is 2.10. The second-order valence-electron chi connectivity index (χ2n) is 3.82. The Kier molecular flexibility index (Phi) is 4.07. The normalized spacial score (nSPS) is 10.2. The fourth-order valence-corrected chi connectivity index (χ4v) is 2.19. The highest BCUT2D eigenvalue weighted by Crippen LogP contribution is 2.31. The summed E-state index contributed by atoms with van der Waals surface area (Å²) < 4.78 is 6.34. The maximum atomic E-state index is 5.37. The standard InChI is InChI=1S/C13H10BrN3O.ClH/c1-18-12-6-8(14)2-3-9(12)13-16-10-4-5-15-7-11(10)17-13;/h2-7H,1H3,(H,16,17);1H. The van der Waals surface area contributed by atoms with Gasteiger partial charge in [-0.25, -0.2) is 4.98 Å². The van der Waals surface area contributed by atoms with Crippen LogP contribution in [0, 0.1) is 0 Å². The summed E-state index contributed by atoms with van der Waals surface area (Å²) in [5, 5.41) is 0. The Bertz CT molecular complexity index is 681. The van der Waals surface area contributed by atoms with E-state index in [2.05, 4.69) is 30.9 Å². The van der Waals surface area contributed by atoms with Gasteiger partial charge in [-0.15, -0.1) is 12.4 Å². The SMILES string of the molecule is COc1cc(Br)ccc1-c1nc2cnccc2[nH]1.Cl. The summed E-state index contributed by atoms with van der Waals surface area (Å²) in [6.45, 7) is 0. The highest BCUT2D eigenvalue weighted by molar-refractivity contribution is 9.10. The first-order valence-electron chi connectivity index (χ1n) is 5.41. The quantitative estimate of drug-likeness (QED) is 0.771.